The SMILES string of the molecule is Cc1ccc(S(=O)(=O)C(Cc2nn(S(=O)(=O)c3ccc(C)cc3)cc2C)c2ccccc2OCc2ccccc2)cc1. The average molecular weight is 601 g/mol. The summed E-state index contributed by atoms with van der Waals surface area (Å²) >= 11 is 0. The smallest absolute Gasteiger partial charge is 0.282 e. The highest BCUT2D eigenvalue weighted by Gasteiger charge is 2.33. The van der Waals surface area contributed by atoms with Gasteiger partial charge in [0, 0.05) is 18.2 Å². The summed E-state index contributed by atoms with van der Waals surface area (Å²) < 4.78 is 62.3. The lowest BCUT2D eigenvalue weighted by molar-refractivity contribution is 0.302. The van der Waals surface area contributed by atoms with Gasteiger partial charge in [-0.05, 0) is 62.2 Å². The van der Waals surface area contributed by atoms with Crippen molar-refractivity contribution in [3.05, 3.63) is 143 Å². The van der Waals surface area contributed by atoms with Crippen LogP contribution in [0, 0.1) is 20.8 Å². The van der Waals surface area contributed by atoms with Crippen molar-refractivity contribution in [3.8, 4) is 5.75 Å². The first kappa shape index (κ1) is 29.3. The van der Waals surface area contributed by atoms with Crippen LogP contribution in [0.4, 0.5) is 0 Å². The molecule has 0 amide bonds. The number of aromatic nitrogens is 2. The van der Waals surface area contributed by atoms with Gasteiger partial charge in [-0.15, -0.1) is 0 Å². The maximum atomic E-state index is 14.2. The molecule has 0 N–H and O–H groups in total. The van der Waals surface area contributed by atoms with Gasteiger partial charge in [0.25, 0.3) is 10.0 Å². The van der Waals surface area contributed by atoms with Crippen molar-refractivity contribution in [1.29, 1.82) is 0 Å². The van der Waals surface area contributed by atoms with Gasteiger partial charge in [-0.3, -0.25) is 0 Å². The molecule has 9 heteroatoms. The maximum absolute atomic E-state index is 14.2. The minimum Gasteiger partial charge on any atom is -0.489 e. The minimum atomic E-state index is -3.97. The van der Waals surface area contributed by atoms with E-state index in [1.165, 1.54) is 18.3 Å². The van der Waals surface area contributed by atoms with E-state index in [-0.39, 0.29) is 22.8 Å². The fourth-order valence-corrected chi connectivity index (χ4v) is 7.63. The Morgan fingerprint density at radius 1 is 0.714 bits per heavy atom. The molecule has 0 aliphatic carbocycles. The Morgan fingerprint density at radius 2 is 1.29 bits per heavy atom. The van der Waals surface area contributed by atoms with Crippen molar-refractivity contribution in [2.75, 3.05) is 0 Å². The lowest BCUT2D eigenvalue weighted by Gasteiger charge is -2.21. The topological polar surface area (TPSA) is 95.3 Å². The highest BCUT2D eigenvalue weighted by Crippen LogP contribution is 2.38. The van der Waals surface area contributed by atoms with E-state index in [2.05, 4.69) is 5.10 Å². The van der Waals surface area contributed by atoms with Gasteiger partial charge in [0.15, 0.2) is 9.84 Å². The van der Waals surface area contributed by atoms with Crippen molar-refractivity contribution < 1.29 is 21.6 Å². The molecular formula is C33H32N2O5S2. The molecule has 216 valence electrons. The number of para-hydroxylation sites is 1. The molecule has 7 nitrogen and oxygen atoms in total. The van der Waals surface area contributed by atoms with E-state index in [0.29, 0.717) is 22.6 Å². The standard InChI is InChI=1S/C33H32N2O5S2/c1-24-13-17-28(18-14-24)41(36,37)33(30-11-7-8-12-32(30)40-23-27-9-5-4-6-10-27)21-31-26(3)22-35(34-31)42(38,39)29-19-15-25(2)16-20-29/h4-20,22,33H,21,23H2,1-3H3. The van der Waals surface area contributed by atoms with Gasteiger partial charge in [0.2, 0.25) is 0 Å². The third-order valence-electron chi connectivity index (χ3n) is 7.15. The number of hydrogen-bond acceptors (Lipinski definition) is 6. The van der Waals surface area contributed by atoms with Gasteiger partial charge in [-0.25, -0.2) is 8.42 Å². The van der Waals surface area contributed by atoms with E-state index in [1.807, 2.05) is 44.2 Å². The van der Waals surface area contributed by atoms with Gasteiger partial charge in [0.1, 0.15) is 12.4 Å². The first-order valence-corrected chi connectivity index (χ1v) is 16.5. The van der Waals surface area contributed by atoms with Crippen molar-refractivity contribution in [1.82, 2.24) is 9.19 Å². The number of rotatable bonds is 10. The first-order valence-electron chi connectivity index (χ1n) is 13.5. The fraction of sp³-hybridized carbons (Fsp3) is 0.182. The number of nitrogens with zero attached hydrogens (tertiary/aromatic N) is 2. The van der Waals surface area contributed by atoms with Crippen LogP contribution >= 0.6 is 0 Å². The number of sulfone groups is 1. The maximum Gasteiger partial charge on any atom is 0.282 e. The third kappa shape index (κ3) is 6.17. The summed E-state index contributed by atoms with van der Waals surface area (Å²) in [5.74, 6) is 0.436. The molecule has 5 rings (SSSR count). The second-order valence-corrected chi connectivity index (χ2v) is 14.2. The molecule has 0 radical (unpaired) electrons. The Bertz CT molecular complexity index is 1900. The first-order chi connectivity index (χ1) is 20.1. The van der Waals surface area contributed by atoms with Crippen molar-refractivity contribution in [3.63, 3.8) is 0 Å². The molecule has 5 aromatic rings. The quantitative estimate of drug-likeness (QED) is 0.185. The number of hydrogen-bond donors (Lipinski definition) is 0. The van der Waals surface area contributed by atoms with Crippen LogP contribution in [0.15, 0.2) is 119 Å². The molecule has 0 bridgehead atoms. The van der Waals surface area contributed by atoms with Gasteiger partial charge in [-0.2, -0.15) is 17.6 Å². The normalized spacial score (nSPS) is 12.6. The zero-order valence-electron chi connectivity index (χ0n) is 23.6. The summed E-state index contributed by atoms with van der Waals surface area (Å²) in [6.45, 7) is 5.77. The molecule has 0 spiro atoms. The molecule has 0 fully saturated rings. The van der Waals surface area contributed by atoms with Crippen LogP contribution in [0.5, 0.6) is 5.75 Å². The van der Waals surface area contributed by atoms with E-state index in [1.54, 1.807) is 67.6 Å². The van der Waals surface area contributed by atoms with E-state index < -0.39 is 25.1 Å². The van der Waals surface area contributed by atoms with Gasteiger partial charge in [0.05, 0.1) is 20.7 Å². The second-order valence-electron chi connectivity index (χ2n) is 10.3. The molecule has 0 saturated carbocycles. The van der Waals surface area contributed by atoms with Crippen molar-refractivity contribution in [2.45, 2.75) is 48.8 Å². The summed E-state index contributed by atoms with van der Waals surface area (Å²) in [5, 5.41) is 3.33. The second kappa shape index (κ2) is 12.0. The molecule has 42 heavy (non-hydrogen) atoms. The van der Waals surface area contributed by atoms with E-state index in [4.69, 9.17) is 4.74 Å². The lowest BCUT2D eigenvalue weighted by atomic mass is 10.0. The highest BCUT2D eigenvalue weighted by atomic mass is 32.2. The van der Waals surface area contributed by atoms with Crippen LogP contribution in [-0.2, 0) is 32.9 Å². The molecule has 0 aliphatic heterocycles. The molecule has 4 aromatic carbocycles. The summed E-state index contributed by atoms with van der Waals surface area (Å²) in [6, 6.07) is 29.9. The Balaban J connectivity index is 1.56. The van der Waals surface area contributed by atoms with Crippen LogP contribution in [0.2, 0.25) is 0 Å². The van der Waals surface area contributed by atoms with Gasteiger partial charge in [-0.1, -0.05) is 83.9 Å². The largest absolute Gasteiger partial charge is 0.489 e. The Labute approximate surface area is 247 Å². The summed E-state index contributed by atoms with van der Waals surface area (Å²) in [6.07, 6.45) is 1.38. The predicted octanol–water partition coefficient (Wildman–Crippen LogP) is 6.38. The molecule has 1 heterocycles. The summed E-state index contributed by atoms with van der Waals surface area (Å²) in [4.78, 5) is 0.269. The average Bonchev–Trinajstić information content (AvgIpc) is 3.37. The zero-order valence-corrected chi connectivity index (χ0v) is 25.3. The van der Waals surface area contributed by atoms with Crippen LogP contribution in [0.3, 0.4) is 0 Å². The van der Waals surface area contributed by atoms with Crippen molar-refractivity contribution >= 4 is 19.9 Å². The summed E-state index contributed by atoms with van der Waals surface area (Å²) in [5.41, 5.74) is 4.23. The Hall–Kier alpha value is -4.21. The van der Waals surface area contributed by atoms with E-state index in [0.717, 1.165) is 20.8 Å². The molecule has 1 atom stereocenters. The monoisotopic (exact) mass is 600 g/mol. The number of ether oxygens (including phenoxy) is 1. The van der Waals surface area contributed by atoms with Crippen LogP contribution in [-0.4, -0.2) is 26.0 Å². The molecule has 1 aromatic heterocycles. The Kier molecular flexibility index (Phi) is 8.34. The van der Waals surface area contributed by atoms with Crippen LogP contribution in [0.25, 0.3) is 0 Å². The number of benzene rings is 4. The fourth-order valence-electron chi connectivity index (χ4n) is 4.68. The van der Waals surface area contributed by atoms with Gasteiger partial charge < -0.3 is 4.74 Å². The Morgan fingerprint density at radius 3 is 1.93 bits per heavy atom. The van der Waals surface area contributed by atoms with E-state index in [9.17, 15) is 16.8 Å². The van der Waals surface area contributed by atoms with E-state index >= 15 is 0 Å². The minimum absolute atomic E-state index is 0.0514. The van der Waals surface area contributed by atoms with Crippen molar-refractivity contribution in [2.24, 2.45) is 0 Å². The highest BCUT2D eigenvalue weighted by molar-refractivity contribution is 7.91. The third-order valence-corrected chi connectivity index (χ3v) is 10.8. The predicted molar refractivity (Wildman–Crippen MR) is 163 cm³/mol. The molecule has 1 unspecified atom stereocenters. The molecular weight excluding hydrogens is 569 g/mol. The lowest BCUT2D eigenvalue weighted by Crippen LogP contribution is -2.19. The number of aryl methyl sites for hydroxylation is 3. The molecule has 0 aliphatic rings. The molecule has 0 saturated heterocycles. The van der Waals surface area contributed by atoms with Gasteiger partial charge >= 0.3 is 0 Å². The van der Waals surface area contributed by atoms with Crippen LogP contribution < -0.4 is 4.74 Å². The van der Waals surface area contributed by atoms with Crippen LogP contribution in [0.1, 0.15) is 38.8 Å². The zero-order chi connectivity index (χ0) is 29.9. The summed E-state index contributed by atoms with van der Waals surface area (Å²) in [7, 11) is -7.92.